The van der Waals surface area contributed by atoms with E-state index in [-0.39, 0.29) is 16.8 Å². The van der Waals surface area contributed by atoms with Crippen LogP contribution in [0, 0.1) is 0 Å². The number of nitrogens with one attached hydrogen (secondary N) is 1. The van der Waals surface area contributed by atoms with Crippen molar-refractivity contribution in [1.82, 2.24) is 9.38 Å². The number of nitrogens with zero attached hydrogens (tertiary/aromatic N) is 3. The zero-order chi connectivity index (χ0) is 21.8. The molecule has 0 saturated carbocycles. The molecule has 0 bridgehead atoms. The van der Waals surface area contributed by atoms with E-state index in [1.54, 1.807) is 46.6 Å². The molecule has 1 N–H and O–H groups in total. The number of hydrogen-bond donors (Lipinski definition) is 1. The van der Waals surface area contributed by atoms with Crippen LogP contribution in [0.15, 0.2) is 65.1 Å². The Kier molecular flexibility index (Phi) is 4.60. The van der Waals surface area contributed by atoms with Gasteiger partial charge in [0.15, 0.2) is 4.96 Å². The summed E-state index contributed by atoms with van der Waals surface area (Å²) in [6.07, 6.45) is 4.53. The van der Waals surface area contributed by atoms with Crippen molar-refractivity contribution >= 4 is 43.6 Å². The van der Waals surface area contributed by atoms with Crippen LogP contribution in [0.25, 0.3) is 16.2 Å². The number of hydrogen-bond acceptors (Lipinski definition) is 5. The first-order valence-electron chi connectivity index (χ1n) is 9.80. The molecule has 1 aliphatic rings. The Morgan fingerprint density at radius 3 is 2.68 bits per heavy atom. The van der Waals surface area contributed by atoms with Crippen LogP contribution in [-0.4, -0.2) is 29.8 Å². The summed E-state index contributed by atoms with van der Waals surface area (Å²) in [6.45, 7) is 3.48. The molecule has 0 saturated heterocycles. The molecule has 3 heterocycles. The van der Waals surface area contributed by atoms with Gasteiger partial charge in [0.2, 0.25) is 5.91 Å². The average molecular weight is 453 g/mol. The Bertz CT molecular complexity index is 1380. The predicted molar refractivity (Wildman–Crippen MR) is 122 cm³/mol. The number of rotatable bonds is 4. The van der Waals surface area contributed by atoms with Crippen molar-refractivity contribution in [1.29, 1.82) is 0 Å². The molecule has 2 aromatic carbocycles. The standard InChI is InChI=1S/C22H20N4O3S2/c1-14-11-17-12-19(7-8-21(17)26(14)15(2)27)31(28,29)24-18-5-3-16(4-6-18)20-13-25-9-10-30-22(25)23-20/h3-10,12-14,24H,11H2,1-2H3. The van der Waals surface area contributed by atoms with E-state index in [9.17, 15) is 13.2 Å². The summed E-state index contributed by atoms with van der Waals surface area (Å²) in [4.78, 5) is 19.3. The first kappa shape index (κ1) is 19.8. The minimum absolute atomic E-state index is 0.0178. The van der Waals surface area contributed by atoms with Gasteiger partial charge in [0, 0.05) is 47.7 Å². The van der Waals surface area contributed by atoms with Gasteiger partial charge in [-0.3, -0.25) is 13.9 Å². The largest absolute Gasteiger partial charge is 0.309 e. The lowest BCUT2D eigenvalue weighted by atomic mass is 10.1. The quantitative estimate of drug-likeness (QED) is 0.504. The lowest BCUT2D eigenvalue weighted by Gasteiger charge is -2.20. The Hall–Kier alpha value is -3.17. The van der Waals surface area contributed by atoms with Crippen molar-refractivity contribution in [2.45, 2.75) is 31.2 Å². The average Bonchev–Trinajstić information content (AvgIpc) is 3.39. The highest BCUT2D eigenvalue weighted by atomic mass is 32.2. The molecular weight excluding hydrogens is 432 g/mol. The minimum atomic E-state index is -3.75. The van der Waals surface area contributed by atoms with Crippen LogP contribution in [0.4, 0.5) is 11.4 Å². The summed E-state index contributed by atoms with van der Waals surface area (Å²) < 4.78 is 30.5. The highest BCUT2D eigenvalue weighted by molar-refractivity contribution is 7.92. The first-order valence-corrected chi connectivity index (χ1v) is 12.2. The number of amides is 1. The fourth-order valence-electron chi connectivity index (χ4n) is 4.04. The molecule has 1 aliphatic heterocycles. The molecule has 4 aromatic rings. The van der Waals surface area contributed by atoms with Crippen molar-refractivity contribution < 1.29 is 13.2 Å². The van der Waals surface area contributed by atoms with Gasteiger partial charge in [0.05, 0.1) is 10.6 Å². The minimum Gasteiger partial charge on any atom is -0.309 e. The molecule has 0 radical (unpaired) electrons. The second-order valence-corrected chi connectivity index (χ2v) is 10.2. The van der Waals surface area contributed by atoms with Crippen LogP contribution in [0.5, 0.6) is 0 Å². The molecule has 9 heteroatoms. The monoisotopic (exact) mass is 452 g/mol. The summed E-state index contributed by atoms with van der Waals surface area (Å²) in [6, 6.07) is 12.1. The van der Waals surface area contributed by atoms with E-state index in [0.29, 0.717) is 12.1 Å². The maximum Gasteiger partial charge on any atom is 0.261 e. The second kappa shape index (κ2) is 7.21. The fraction of sp³-hybridized carbons (Fsp3) is 0.182. The van der Waals surface area contributed by atoms with Gasteiger partial charge in [-0.25, -0.2) is 13.4 Å². The number of imidazole rings is 1. The van der Waals surface area contributed by atoms with Gasteiger partial charge in [-0.1, -0.05) is 12.1 Å². The lowest BCUT2D eigenvalue weighted by molar-refractivity contribution is -0.116. The molecule has 1 atom stereocenters. The smallest absolute Gasteiger partial charge is 0.261 e. The summed E-state index contributed by atoms with van der Waals surface area (Å²) in [7, 11) is -3.75. The number of benzene rings is 2. The normalized spacial score (nSPS) is 15.9. The lowest BCUT2D eigenvalue weighted by Crippen LogP contribution is -2.33. The number of sulfonamides is 1. The third kappa shape index (κ3) is 3.49. The molecule has 7 nitrogen and oxygen atoms in total. The van der Waals surface area contributed by atoms with Crippen molar-refractivity contribution in [2.75, 3.05) is 9.62 Å². The first-order chi connectivity index (χ1) is 14.8. The maximum atomic E-state index is 12.9. The third-order valence-electron chi connectivity index (χ3n) is 5.44. The Morgan fingerprint density at radius 2 is 1.97 bits per heavy atom. The van der Waals surface area contributed by atoms with Crippen LogP contribution in [0.3, 0.4) is 0 Å². The van der Waals surface area contributed by atoms with Gasteiger partial charge >= 0.3 is 0 Å². The van der Waals surface area contributed by atoms with Gasteiger partial charge in [0.25, 0.3) is 10.0 Å². The van der Waals surface area contributed by atoms with Crippen LogP contribution >= 0.6 is 11.3 Å². The van der Waals surface area contributed by atoms with E-state index in [1.165, 1.54) is 6.92 Å². The Morgan fingerprint density at radius 1 is 1.19 bits per heavy atom. The molecule has 158 valence electrons. The van der Waals surface area contributed by atoms with E-state index in [0.717, 1.165) is 27.5 Å². The second-order valence-electron chi connectivity index (χ2n) is 7.63. The van der Waals surface area contributed by atoms with E-state index >= 15 is 0 Å². The van der Waals surface area contributed by atoms with E-state index < -0.39 is 10.0 Å². The number of carbonyl (C=O) groups excluding carboxylic acids is 1. The predicted octanol–water partition coefficient (Wildman–Crippen LogP) is 4.16. The third-order valence-corrected chi connectivity index (χ3v) is 7.59. The molecule has 31 heavy (non-hydrogen) atoms. The van der Waals surface area contributed by atoms with Gasteiger partial charge in [0.1, 0.15) is 0 Å². The van der Waals surface area contributed by atoms with Crippen LogP contribution in [-0.2, 0) is 21.2 Å². The van der Waals surface area contributed by atoms with Crippen LogP contribution < -0.4 is 9.62 Å². The molecule has 5 rings (SSSR count). The van der Waals surface area contributed by atoms with Crippen molar-refractivity contribution in [3.63, 3.8) is 0 Å². The van der Waals surface area contributed by atoms with Gasteiger partial charge < -0.3 is 4.90 Å². The Balaban J connectivity index is 1.38. The summed E-state index contributed by atoms with van der Waals surface area (Å²) >= 11 is 1.56. The summed E-state index contributed by atoms with van der Waals surface area (Å²) in [5, 5.41) is 1.97. The van der Waals surface area contributed by atoms with E-state index in [4.69, 9.17) is 0 Å². The summed E-state index contributed by atoms with van der Waals surface area (Å²) in [5.74, 6) is -0.0439. The number of thiazole rings is 1. The highest BCUT2D eigenvalue weighted by Crippen LogP contribution is 2.34. The number of anilines is 2. The molecule has 0 spiro atoms. The fourth-order valence-corrected chi connectivity index (χ4v) is 5.85. The van der Waals surface area contributed by atoms with E-state index in [2.05, 4.69) is 9.71 Å². The molecule has 1 unspecified atom stereocenters. The Labute approximate surface area is 184 Å². The molecule has 2 aromatic heterocycles. The van der Waals surface area contributed by atoms with Gasteiger partial charge in [-0.15, -0.1) is 11.3 Å². The zero-order valence-corrected chi connectivity index (χ0v) is 18.6. The topological polar surface area (TPSA) is 83.8 Å². The van der Waals surface area contributed by atoms with Crippen molar-refractivity contribution in [2.24, 2.45) is 0 Å². The summed E-state index contributed by atoms with van der Waals surface area (Å²) in [5.41, 5.74) is 3.87. The van der Waals surface area contributed by atoms with Crippen LogP contribution in [0.2, 0.25) is 0 Å². The molecule has 0 fully saturated rings. The maximum absolute atomic E-state index is 12.9. The molecule has 0 aliphatic carbocycles. The SMILES string of the molecule is CC(=O)N1c2ccc(S(=O)(=O)Nc3ccc(-c4cn5ccsc5n4)cc3)cc2CC1C. The highest BCUT2D eigenvalue weighted by Gasteiger charge is 2.30. The number of fused-ring (bicyclic) bond motifs is 2. The van der Waals surface area contributed by atoms with Crippen molar-refractivity contribution in [3.05, 3.63) is 65.8 Å². The van der Waals surface area contributed by atoms with Crippen LogP contribution in [0.1, 0.15) is 19.4 Å². The van der Waals surface area contributed by atoms with Gasteiger partial charge in [-0.05, 0) is 49.2 Å². The molecular formula is C22H20N4O3S2. The number of aromatic nitrogens is 2. The number of carbonyl (C=O) groups is 1. The zero-order valence-electron chi connectivity index (χ0n) is 16.9. The van der Waals surface area contributed by atoms with Crippen molar-refractivity contribution in [3.8, 4) is 11.3 Å². The van der Waals surface area contributed by atoms with Gasteiger partial charge in [-0.2, -0.15) is 0 Å². The van der Waals surface area contributed by atoms with E-state index in [1.807, 2.05) is 41.2 Å². The molecule has 1 amide bonds.